The number of nitrogens with one attached hydrogen (secondary N) is 1. The van der Waals surface area contributed by atoms with Crippen molar-refractivity contribution < 1.29 is 9.53 Å². The van der Waals surface area contributed by atoms with E-state index in [0.717, 1.165) is 12.5 Å². The van der Waals surface area contributed by atoms with Crippen molar-refractivity contribution in [2.45, 2.75) is 51.5 Å². The fourth-order valence-electron chi connectivity index (χ4n) is 2.16. The molecule has 3 heteroatoms. The fourth-order valence-corrected chi connectivity index (χ4v) is 2.16. The lowest BCUT2D eigenvalue weighted by Crippen LogP contribution is -2.33. The molecule has 1 N–H and O–H groups in total. The standard InChI is InChI=1S/C12H23NO2/c1-10(8-12(14)15-2)13-9-11-6-4-3-5-7-11/h10-11,13H,3-9H2,1-2H3. The highest BCUT2D eigenvalue weighted by Gasteiger charge is 2.15. The summed E-state index contributed by atoms with van der Waals surface area (Å²) < 4.78 is 4.63. The second kappa shape index (κ2) is 6.83. The average Bonchev–Trinajstić information content (AvgIpc) is 2.27. The van der Waals surface area contributed by atoms with E-state index < -0.39 is 0 Å². The number of carbonyl (C=O) groups excluding carboxylic acids is 1. The first-order valence-corrected chi connectivity index (χ1v) is 6.02. The minimum absolute atomic E-state index is 0.126. The quantitative estimate of drug-likeness (QED) is 0.711. The van der Waals surface area contributed by atoms with Crippen molar-refractivity contribution in [1.29, 1.82) is 0 Å². The highest BCUT2D eigenvalue weighted by Crippen LogP contribution is 2.22. The van der Waals surface area contributed by atoms with Crippen LogP contribution in [0, 0.1) is 5.92 Å². The summed E-state index contributed by atoms with van der Waals surface area (Å²) in [4.78, 5) is 11.0. The second-order valence-electron chi connectivity index (χ2n) is 4.59. The van der Waals surface area contributed by atoms with Crippen LogP contribution in [-0.4, -0.2) is 25.7 Å². The minimum atomic E-state index is -0.126. The van der Waals surface area contributed by atoms with E-state index in [-0.39, 0.29) is 12.0 Å². The predicted octanol–water partition coefficient (Wildman–Crippen LogP) is 2.11. The number of carbonyl (C=O) groups is 1. The lowest BCUT2D eigenvalue weighted by atomic mass is 9.89. The van der Waals surface area contributed by atoms with Crippen molar-refractivity contribution in [3.8, 4) is 0 Å². The van der Waals surface area contributed by atoms with Crippen LogP contribution in [0.4, 0.5) is 0 Å². The molecular formula is C12H23NO2. The molecule has 0 radical (unpaired) electrons. The number of esters is 1. The second-order valence-corrected chi connectivity index (χ2v) is 4.59. The molecule has 0 aliphatic heterocycles. The zero-order valence-electron chi connectivity index (χ0n) is 9.92. The largest absolute Gasteiger partial charge is 0.469 e. The Morgan fingerprint density at radius 3 is 2.67 bits per heavy atom. The highest BCUT2D eigenvalue weighted by atomic mass is 16.5. The summed E-state index contributed by atoms with van der Waals surface area (Å²) >= 11 is 0. The van der Waals surface area contributed by atoms with Crippen molar-refractivity contribution in [3.63, 3.8) is 0 Å². The summed E-state index contributed by atoms with van der Waals surface area (Å²) in [5, 5.41) is 3.42. The zero-order chi connectivity index (χ0) is 11.1. The summed E-state index contributed by atoms with van der Waals surface area (Å²) in [6.45, 7) is 3.10. The monoisotopic (exact) mass is 213 g/mol. The summed E-state index contributed by atoms with van der Waals surface area (Å²) in [6, 6.07) is 0.236. The molecule has 0 heterocycles. The van der Waals surface area contributed by atoms with Crippen LogP contribution >= 0.6 is 0 Å². The van der Waals surface area contributed by atoms with Crippen LogP contribution in [0.2, 0.25) is 0 Å². The molecule has 1 fully saturated rings. The third kappa shape index (κ3) is 5.17. The Hall–Kier alpha value is -0.570. The Balaban J connectivity index is 2.09. The van der Waals surface area contributed by atoms with Crippen molar-refractivity contribution in [2.24, 2.45) is 5.92 Å². The van der Waals surface area contributed by atoms with Crippen LogP contribution in [-0.2, 0) is 9.53 Å². The maximum Gasteiger partial charge on any atom is 0.307 e. The van der Waals surface area contributed by atoms with E-state index in [2.05, 4.69) is 10.1 Å². The van der Waals surface area contributed by atoms with E-state index in [9.17, 15) is 4.79 Å². The fraction of sp³-hybridized carbons (Fsp3) is 0.917. The van der Waals surface area contributed by atoms with Gasteiger partial charge in [-0.3, -0.25) is 4.79 Å². The number of rotatable bonds is 5. The Kier molecular flexibility index (Phi) is 5.69. The van der Waals surface area contributed by atoms with Gasteiger partial charge in [-0.25, -0.2) is 0 Å². The Morgan fingerprint density at radius 1 is 1.40 bits per heavy atom. The van der Waals surface area contributed by atoms with E-state index in [4.69, 9.17) is 0 Å². The van der Waals surface area contributed by atoms with Crippen LogP contribution in [0.15, 0.2) is 0 Å². The molecule has 88 valence electrons. The molecule has 1 atom stereocenters. The van der Waals surface area contributed by atoms with Gasteiger partial charge in [-0.05, 0) is 32.2 Å². The SMILES string of the molecule is COC(=O)CC(C)NCC1CCCCC1. The van der Waals surface area contributed by atoms with E-state index in [1.807, 2.05) is 6.92 Å². The van der Waals surface area contributed by atoms with Crippen molar-refractivity contribution >= 4 is 5.97 Å². The van der Waals surface area contributed by atoms with Crippen LogP contribution in [0.25, 0.3) is 0 Å². The maximum absolute atomic E-state index is 11.0. The molecule has 0 aromatic heterocycles. The minimum Gasteiger partial charge on any atom is -0.469 e. The summed E-state index contributed by atoms with van der Waals surface area (Å²) in [5.41, 5.74) is 0. The number of methoxy groups -OCH3 is 1. The first kappa shape index (κ1) is 12.5. The van der Waals surface area contributed by atoms with Crippen molar-refractivity contribution in [2.75, 3.05) is 13.7 Å². The van der Waals surface area contributed by atoms with Gasteiger partial charge in [0.2, 0.25) is 0 Å². The molecule has 1 aliphatic rings. The van der Waals surface area contributed by atoms with Crippen molar-refractivity contribution in [1.82, 2.24) is 5.32 Å². The third-order valence-electron chi connectivity index (χ3n) is 3.18. The Bertz CT molecular complexity index is 188. The van der Waals surface area contributed by atoms with Gasteiger partial charge in [0, 0.05) is 6.04 Å². The molecule has 1 saturated carbocycles. The van der Waals surface area contributed by atoms with Gasteiger partial charge in [-0.1, -0.05) is 19.3 Å². The van der Waals surface area contributed by atoms with Gasteiger partial charge in [0.25, 0.3) is 0 Å². The van der Waals surface area contributed by atoms with E-state index in [0.29, 0.717) is 6.42 Å². The molecule has 0 amide bonds. The van der Waals surface area contributed by atoms with E-state index >= 15 is 0 Å². The van der Waals surface area contributed by atoms with Crippen LogP contribution in [0.1, 0.15) is 45.4 Å². The first-order valence-electron chi connectivity index (χ1n) is 6.02. The molecule has 1 aliphatic carbocycles. The van der Waals surface area contributed by atoms with E-state index in [1.165, 1.54) is 39.2 Å². The molecule has 0 aromatic carbocycles. The Morgan fingerprint density at radius 2 is 2.07 bits per heavy atom. The molecule has 3 nitrogen and oxygen atoms in total. The lowest BCUT2D eigenvalue weighted by molar-refractivity contribution is -0.141. The molecule has 15 heavy (non-hydrogen) atoms. The molecule has 0 aromatic rings. The Labute approximate surface area is 92.6 Å². The predicted molar refractivity (Wildman–Crippen MR) is 60.7 cm³/mol. The third-order valence-corrected chi connectivity index (χ3v) is 3.18. The van der Waals surface area contributed by atoms with Crippen LogP contribution in [0.3, 0.4) is 0 Å². The molecule has 0 saturated heterocycles. The lowest BCUT2D eigenvalue weighted by Gasteiger charge is -2.23. The first-order chi connectivity index (χ1) is 7.22. The number of ether oxygens (including phenoxy) is 1. The molecule has 0 spiro atoms. The van der Waals surface area contributed by atoms with Gasteiger partial charge < -0.3 is 10.1 Å². The van der Waals surface area contributed by atoms with Crippen molar-refractivity contribution in [3.05, 3.63) is 0 Å². The molecule has 0 bridgehead atoms. The smallest absolute Gasteiger partial charge is 0.307 e. The van der Waals surface area contributed by atoms with Gasteiger partial charge in [0.05, 0.1) is 13.5 Å². The summed E-state index contributed by atoms with van der Waals surface area (Å²) in [6.07, 6.45) is 7.31. The normalized spacial score (nSPS) is 19.9. The molecule has 1 unspecified atom stereocenters. The summed E-state index contributed by atoms with van der Waals surface area (Å²) in [5.74, 6) is 0.692. The van der Waals surface area contributed by atoms with Gasteiger partial charge in [-0.2, -0.15) is 0 Å². The van der Waals surface area contributed by atoms with Gasteiger partial charge in [0.15, 0.2) is 0 Å². The maximum atomic E-state index is 11.0. The van der Waals surface area contributed by atoms with Crippen LogP contribution in [0.5, 0.6) is 0 Å². The highest BCUT2D eigenvalue weighted by molar-refractivity contribution is 5.69. The number of hydrogen-bond donors (Lipinski definition) is 1. The zero-order valence-corrected chi connectivity index (χ0v) is 9.92. The van der Waals surface area contributed by atoms with Gasteiger partial charge in [-0.15, -0.1) is 0 Å². The van der Waals surface area contributed by atoms with Gasteiger partial charge in [0.1, 0.15) is 0 Å². The van der Waals surface area contributed by atoms with E-state index in [1.54, 1.807) is 0 Å². The average molecular weight is 213 g/mol. The molecular weight excluding hydrogens is 190 g/mol. The number of hydrogen-bond acceptors (Lipinski definition) is 3. The molecule has 1 rings (SSSR count). The summed E-state index contributed by atoms with van der Waals surface area (Å²) in [7, 11) is 1.44. The van der Waals surface area contributed by atoms with Crippen LogP contribution < -0.4 is 5.32 Å². The topological polar surface area (TPSA) is 38.3 Å². The van der Waals surface area contributed by atoms with Gasteiger partial charge >= 0.3 is 5.97 Å².